The zero-order valence-electron chi connectivity index (χ0n) is 19.8. The van der Waals surface area contributed by atoms with Gasteiger partial charge in [-0.25, -0.2) is 0 Å². The van der Waals surface area contributed by atoms with Crippen molar-refractivity contribution in [3.63, 3.8) is 0 Å². The molecule has 0 aliphatic carbocycles. The minimum atomic E-state index is 0. The molecule has 0 bridgehead atoms. The van der Waals surface area contributed by atoms with Gasteiger partial charge in [0.15, 0.2) is 0 Å². The van der Waals surface area contributed by atoms with Crippen LogP contribution >= 0.6 is 0 Å². The summed E-state index contributed by atoms with van der Waals surface area (Å²) in [6.45, 7) is 4.60. The second kappa shape index (κ2) is 17.4. The summed E-state index contributed by atoms with van der Waals surface area (Å²) in [5.74, 6) is 0. The predicted octanol–water partition coefficient (Wildman–Crippen LogP) is 6.43. The van der Waals surface area contributed by atoms with Crippen LogP contribution in [-0.2, 0) is 12.8 Å². The normalized spacial score (nSPS) is 11.0. The molecule has 0 fully saturated rings. The van der Waals surface area contributed by atoms with Crippen LogP contribution in [0.1, 0.15) is 115 Å². The molecule has 0 spiro atoms. The van der Waals surface area contributed by atoms with Crippen LogP contribution in [0.4, 0.5) is 0 Å². The van der Waals surface area contributed by atoms with E-state index in [0.717, 1.165) is 0 Å². The number of fused-ring (bicyclic) bond motifs is 1. The molecular formula is C28H44Na+. The van der Waals surface area contributed by atoms with Crippen molar-refractivity contribution in [3.05, 3.63) is 47.5 Å². The molecule has 0 N–H and O–H groups in total. The van der Waals surface area contributed by atoms with Crippen LogP contribution in [0.2, 0.25) is 0 Å². The Bertz CT molecular complexity index is 646. The van der Waals surface area contributed by atoms with E-state index in [1.807, 2.05) is 0 Å². The van der Waals surface area contributed by atoms with E-state index in [2.05, 4.69) is 50.2 Å². The van der Waals surface area contributed by atoms with Crippen LogP contribution < -0.4 is 29.6 Å². The average molecular weight is 404 g/mol. The van der Waals surface area contributed by atoms with Crippen LogP contribution in [0.5, 0.6) is 0 Å². The molecule has 0 nitrogen and oxygen atoms in total. The smallest absolute Gasteiger partial charge is 0.0654 e. The van der Waals surface area contributed by atoms with Gasteiger partial charge in [0.2, 0.25) is 0 Å². The van der Waals surface area contributed by atoms with Gasteiger partial charge in [-0.3, -0.25) is 0 Å². The van der Waals surface area contributed by atoms with Crippen LogP contribution in [-0.4, -0.2) is 0 Å². The number of hydrogen-bond donors (Lipinski definition) is 0. The van der Waals surface area contributed by atoms with Crippen molar-refractivity contribution in [1.29, 1.82) is 0 Å². The number of unbranched alkanes of at least 4 members (excludes halogenated alkanes) is 12. The molecule has 1 heteroatoms. The summed E-state index contributed by atoms with van der Waals surface area (Å²) in [5.41, 5.74) is 3.27. The predicted molar refractivity (Wildman–Crippen MR) is 127 cm³/mol. The first-order chi connectivity index (χ1) is 13.9. The van der Waals surface area contributed by atoms with Gasteiger partial charge in [-0.2, -0.15) is 0 Å². The molecule has 0 aliphatic heterocycles. The minimum Gasteiger partial charge on any atom is -0.0654 e. The molecule has 0 aliphatic rings. The maximum absolute atomic E-state index is 2.43. The molecule has 0 saturated heterocycles. The van der Waals surface area contributed by atoms with Gasteiger partial charge in [0.25, 0.3) is 0 Å². The van der Waals surface area contributed by atoms with E-state index in [1.54, 1.807) is 11.1 Å². The van der Waals surface area contributed by atoms with Crippen molar-refractivity contribution in [3.8, 4) is 0 Å². The Morgan fingerprint density at radius 2 is 1.03 bits per heavy atom. The second-order valence-corrected chi connectivity index (χ2v) is 8.67. The maximum atomic E-state index is 2.43. The molecular weight excluding hydrogens is 359 g/mol. The summed E-state index contributed by atoms with van der Waals surface area (Å²) in [7, 11) is 0. The fraction of sp³-hybridized carbons (Fsp3) is 0.643. The maximum Gasteiger partial charge on any atom is 1.00 e. The summed E-state index contributed by atoms with van der Waals surface area (Å²) in [6.07, 6.45) is 22.1. The average Bonchev–Trinajstić information content (AvgIpc) is 2.73. The van der Waals surface area contributed by atoms with Crippen LogP contribution in [0, 0.1) is 0 Å². The summed E-state index contributed by atoms with van der Waals surface area (Å²) in [6, 6.07) is 13.8. The fourth-order valence-electron chi connectivity index (χ4n) is 4.44. The molecule has 2 rings (SSSR count). The van der Waals surface area contributed by atoms with Crippen LogP contribution in [0.25, 0.3) is 10.8 Å². The van der Waals surface area contributed by atoms with Gasteiger partial charge in [0.05, 0.1) is 0 Å². The van der Waals surface area contributed by atoms with E-state index in [-0.39, 0.29) is 29.6 Å². The first kappa shape index (κ1) is 26.7. The zero-order valence-corrected chi connectivity index (χ0v) is 21.8. The van der Waals surface area contributed by atoms with Crippen molar-refractivity contribution in [2.24, 2.45) is 0 Å². The van der Waals surface area contributed by atoms with Crippen molar-refractivity contribution >= 4 is 10.8 Å². The first-order valence-corrected chi connectivity index (χ1v) is 12.4. The Morgan fingerprint density at radius 1 is 0.517 bits per heavy atom. The second-order valence-electron chi connectivity index (χ2n) is 8.67. The summed E-state index contributed by atoms with van der Waals surface area (Å²) in [5, 5.41) is 2.93. The Balaban J connectivity index is 0.00000420. The molecule has 0 saturated carbocycles. The van der Waals surface area contributed by atoms with Crippen LogP contribution in [0.3, 0.4) is 0 Å². The Hall–Kier alpha value is -0.300. The molecule has 2 aromatic carbocycles. The largest absolute Gasteiger partial charge is 1.00 e. The van der Waals surface area contributed by atoms with Crippen molar-refractivity contribution < 1.29 is 29.6 Å². The zero-order chi connectivity index (χ0) is 19.9. The number of benzene rings is 2. The van der Waals surface area contributed by atoms with E-state index in [9.17, 15) is 0 Å². The number of hydrogen-bond acceptors (Lipinski definition) is 0. The topological polar surface area (TPSA) is 0 Å². The molecule has 2 aromatic rings. The molecule has 0 radical (unpaired) electrons. The number of rotatable bonds is 16. The summed E-state index contributed by atoms with van der Waals surface area (Å²) in [4.78, 5) is 0. The summed E-state index contributed by atoms with van der Waals surface area (Å²) < 4.78 is 0. The standard InChI is InChI=1S/C28H44.Na/c1-3-5-7-9-11-13-15-19-25-23-24-26-20-17-18-22-28(26)27(25)21-16-14-12-10-8-6-4-2;/h17-18,20,22-24H,3-16,19,21H2,1-2H3;/q;+1. The quantitative estimate of drug-likeness (QED) is 0.224. The fourth-order valence-corrected chi connectivity index (χ4v) is 4.44. The van der Waals surface area contributed by atoms with Gasteiger partial charge in [-0.15, -0.1) is 0 Å². The number of aryl methyl sites for hydroxylation is 2. The van der Waals surface area contributed by atoms with Gasteiger partial charge < -0.3 is 0 Å². The molecule has 29 heavy (non-hydrogen) atoms. The van der Waals surface area contributed by atoms with Gasteiger partial charge in [-0.1, -0.05) is 127 Å². The molecule has 0 aromatic heterocycles. The Morgan fingerprint density at radius 3 is 1.66 bits per heavy atom. The molecule has 156 valence electrons. The third-order valence-electron chi connectivity index (χ3n) is 6.22. The molecule has 0 atom stereocenters. The van der Waals surface area contributed by atoms with Gasteiger partial charge in [0, 0.05) is 0 Å². The summed E-state index contributed by atoms with van der Waals surface area (Å²) >= 11 is 0. The third kappa shape index (κ3) is 10.5. The van der Waals surface area contributed by atoms with Gasteiger partial charge in [-0.05, 0) is 47.6 Å². The van der Waals surface area contributed by atoms with Gasteiger partial charge >= 0.3 is 29.6 Å². The Labute approximate surface area is 203 Å². The van der Waals surface area contributed by atoms with E-state index in [4.69, 9.17) is 0 Å². The van der Waals surface area contributed by atoms with Crippen molar-refractivity contribution in [2.45, 2.75) is 117 Å². The minimum absolute atomic E-state index is 0. The molecule has 0 heterocycles. The first-order valence-electron chi connectivity index (χ1n) is 12.4. The SMILES string of the molecule is CCCCCCCCCc1ccc2ccccc2c1CCCCCCCCC.[Na+]. The third-order valence-corrected chi connectivity index (χ3v) is 6.22. The van der Waals surface area contributed by atoms with E-state index in [1.165, 1.54) is 114 Å². The monoisotopic (exact) mass is 403 g/mol. The van der Waals surface area contributed by atoms with E-state index >= 15 is 0 Å². The van der Waals surface area contributed by atoms with E-state index in [0.29, 0.717) is 0 Å². The van der Waals surface area contributed by atoms with Crippen LogP contribution in [0.15, 0.2) is 36.4 Å². The molecule has 0 unspecified atom stereocenters. The van der Waals surface area contributed by atoms with Gasteiger partial charge in [0.1, 0.15) is 0 Å². The van der Waals surface area contributed by atoms with Crippen molar-refractivity contribution in [2.75, 3.05) is 0 Å². The Kier molecular flexibility index (Phi) is 16.0. The molecule has 0 amide bonds. The van der Waals surface area contributed by atoms with Crippen molar-refractivity contribution in [1.82, 2.24) is 0 Å². The van der Waals surface area contributed by atoms with E-state index < -0.39 is 0 Å².